The van der Waals surface area contributed by atoms with Crippen LogP contribution in [0.1, 0.15) is 11.1 Å². The standard InChI is InChI=1S/C14H13N3O2/c18-14(19)12-7-10-3-1-2-4-11(10)9-17(12)13-8-15-5-6-16-13/h1-6,8,12H,7,9H2,(H,18,19). The number of carboxylic acids is 1. The molecule has 0 aliphatic carbocycles. The zero-order chi connectivity index (χ0) is 13.2. The molecule has 3 rings (SSSR count). The Morgan fingerprint density at radius 3 is 2.74 bits per heavy atom. The van der Waals surface area contributed by atoms with Crippen molar-refractivity contribution in [2.45, 2.75) is 19.0 Å². The van der Waals surface area contributed by atoms with Crippen LogP contribution in [0.5, 0.6) is 0 Å². The second-order valence-electron chi connectivity index (χ2n) is 4.52. The molecule has 2 heterocycles. The number of carboxylic acid groups (broad SMARTS) is 1. The average molecular weight is 255 g/mol. The van der Waals surface area contributed by atoms with Gasteiger partial charge in [-0.25, -0.2) is 9.78 Å². The van der Waals surface area contributed by atoms with Crippen LogP contribution in [0, 0.1) is 0 Å². The van der Waals surface area contributed by atoms with Crippen LogP contribution in [0.25, 0.3) is 0 Å². The summed E-state index contributed by atoms with van der Waals surface area (Å²) < 4.78 is 0. The second-order valence-corrected chi connectivity index (χ2v) is 4.52. The van der Waals surface area contributed by atoms with Gasteiger partial charge in [-0.15, -0.1) is 0 Å². The molecule has 2 aromatic rings. The van der Waals surface area contributed by atoms with Crippen LogP contribution in [0.2, 0.25) is 0 Å². The van der Waals surface area contributed by atoms with Crippen LogP contribution in [-0.4, -0.2) is 27.1 Å². The van der Waals surface area contributed by atoms with Crippen molar-refractivity contribution in [1.29, 1.82) is 0 Å². The lowest BCUT2D eigenvalue weighted by Gasteiger charge is -2.34. The lowest BCUT2D eigenvalue weighted by Crippen LogP contribution is -2.46. The summed E-state index contributed by atoms with van der Waals surface area (Å²) in [5.74, 6) is -0.232. The number of rotatable bonds is 2. The van der Waals surface area contributed by atoms with Crippen molar-refractivity contribution in [3.05, 3.63) is 54.0 Å². The van der Waals surface area contributed by atoms with E-state index in [2.05, 4.69) is 9.97 Å². The maximum atomic E-state index is 11.5. The van der Waals surface area contributed by atoms with Crippen molar-refractivity contribution in [3.8, 4) is 0 Å². The van der Waals surface area contributed by atoms with E-state index in [1.165, 1.54) is 0 Å². The van der Waals surface area contributed by atoms with Gasteiger partial charge >= 0.3 is 5.97 Å². The number of fused-ring (bicyclic) bond motifs is 1. The molecule has 0 fully saturated rings. The Labute approximate surface area is 110 Å². The van der Waals surface area contributed by atoms with Gasteiger partial charge in [0, 0.05) is 25.4 Å². The van der Waals surface area contributed by atoms with Crippen molar-refractivity contribution >= 4 is 11.8 Å². The third-order valence-electron chi connectivity index (χ3n) is 3.38. The summed E-state index contributed by atoms with van der Waals surface area (Å²) in [6.07, 6.45) is 5.25. The molecule has 1 aromatic carbocycles. The molecule has 0 bridgehead atoms. The lowest BCUT2D eigenvalue weighted by molar-refractivity contribution is -0.138. The van der Waals surface area contributed by atoms with Crippen molar-refractivity contribution in [2.24, 2.45) is 0 Å². The Balaban J connectivity index is 2.01. The highest BCUT2D eigenvalue weighted by molar-refractivity contribution is 5.79. The fourth-order valence-electron chi connectivity index (χ4n) is 2.42. The topological polar surface area (TPSA) is 66.3 Å². The number of anilines is 1. The zero-order valence-corrected chi connectivity index (χ0v) is 10.2. The van der Waals surface area contributed by atoms with Gasteiger partial charge in [0.1, 0.15) is 11.9 Å². The van der Waals surface area contributed by atoms with Crippen LogP contribution in [0.3, 0.4) is 0 Å². The van der Waals surface area contributed by atoms with Gasteiger partial charge in [-0.3, -0.25) is 4.98 Å². The van der Waals surface area contributed by atoms with Crippen molar-refractivity contribution in [2.75, 3.05) is 4.90 Å². The third kappa shape index (κ3) is 2.14. The van der Waals surface area contributed by atoms with Gasteiger partial charge in [0.15, 0.2) is 0 Å². The van der Waals surface area contributed by atoms with Gasteiger partial charge in [0.05, 0.1) is 6.20 Å². The molecule has 5 nitrogen and oxygen atoms in total. The molecular formula is C14H13N3O2. The summed E-state index contributed by atoms with van der Waals surface area (Å²) in [5.41, 5.74) is 2.24. The highest BCUT2D eigenvalue weighted by atomic mass is 16.4. The molecule has 0 saturated carbocycles. The van der Waals surface area contributed by atoms with Crippen LogP contribution in [0.4, 0.5) is 5.82 Å². The predicted molar refractivity (Wildman–Crippen MR) is 69.8 cm³/mol. The minimum atomic E-state index is -0.833. The molecule has 1 aromatic heterocycles. The first-order valence-corrected chi connectivity index (χ1v) is 6.08. The maximum Gasteiger partial charge on any atom is 0.326 e. The van der Waals surface area contributed by atoms with E-state index < -0.39 is 12.0 Å². The number of aromatic nitrogens is 2. The molecule has 19 heavy (non-hydrogen) atoms. The van der Waals surface area contributed by atoms with Crippen molar-refractivity contribution < 1.29 is 9.90 Å². The largest absolute Gasteiger partial charge is 0.480 e. The van der Waals surface area contributed by atoms with Crippen molar-refractivity contribution in [3.63, 3.8) is 0 Å². The predicted octanol–water partition coefficient (Wildman–Crippen LogP) is 1.49. The molecule has 1 N–H and O–H groups in total. The van der Waals surface area contributed by atoms with Gasteiger partial charge < -0.3 is 10.0 Å². The summed E-state index contributed by atoms with van der Waals surface area (Å²) in [6.45, 7) is 0.547. The average Bonchev–Trinajstić information content (AvgIpc) is 2.46. The van der Waals surface area contributed by atoms with E-state index in [1.807, 2.05) is 24.3 Å². The second kappa shape index (κ2) is 4.68. The summed E-state index contributed by atoms with van der Waals surface area (Å²) in [4.78, 5) is 21.5. The fourth-order valence-corrected chi connectivity index (χ4v) is 2.42. The van der Waals surface area contributed by atoms with E-state index in [0.29, 0.717) is 18.8 Å². The molecular weight excluding hydrogens is 242 g/mol. The molecule has 0 radical (unpaired) electrons. The summed E-state index contributed by atoms with van der Waals surface area (Å²) in [5, 5.41) is 9.41. The zero-order valence-electron chi connectivity index (χ0n) is 10.2. The Hall–Kier alpha value is -2.43. The highest BCUT2D eigenvalue weighted by Crippen LogP contribution is 2.26. The monoisotopic (exact) mass is 255 g/mol. The summed E-state index contributed by atoms with van der Waals surface area (Å²) in [6, 6.07) is 7.33. The molecule has 0 saturated heterocycles. The van der Waals surface area contributed by atoms with E-state index in [9.17, 15) is 9.90 Å². The van der Waals surface area contributed by atoms with Gasteiger partial charge in [0.2, 0.25) is 0 Å². The van der Waals surface area contributed by atoms with E-state index in [4.69, 9.17) is 0 Å². The number of hydrogen-bond acceptors (Lipinski definition) is 4. The van der Waals surface area contributed by atoms with E-state index in [0.717, 1.165) is 11.1 Å². The molecule has 5 heteroatoms. The Bertz CT molecular complexity index is 601. The smallest absolute Gasteiger partial charge is 0.326 e. The van der Waals surface area contributed by atoms with Crippen LogP contribution >= 0.6 is 0 Å². The number of aliphatic carboxylic acids is 1. The molecule has 0 amide bonds. The molecule has 1 aliphatic heterocycles. The molecule has 0 spiro atoms. The maximum absolute atomic E-state index is 11.5. The summed E-state index contributed by atoms with van der Waals surface area (Å²) >= 11 is 0. The first kappa shape index (κ1) is 11.6. The Kier molecular flexibility index (Phi) is 2.87. The first-order valence-electron chi connectivity index (χ1n) is 6.08. The van der Waals surface area contributed by atoms with Gasteiger partial charge in [-0.05, 0) is 11.1 Å². The van der Waals surface area contributed by atoms with Gasteiger partial charge in [-0.2, -0.15) is 0 Å². The van der Waals surface area contributed by atoms with Crippen LogP contribution in [0.15, 0.2) is 42.9 Å². The van der Waals surface area contributed by atoms with E-state index in [1.54, 1.807) is 23.5 Å². The number of carbonyl (C=O) groups is 1. The number of hydrogen-bond donors (Lipinski definition) is 1. The fraction of sp³-hybridized carbons (Fsp3) is 0.214. The normalized spacial score (nSPS) is 17.9. The number of nitrogens with zero attached hydrogens (tertiary/aromatic N) is 3. The highest BCUT2D eigenvalue weighted by Gasteiger charge is 2.32. The van der Waals surface area contributed by atoms with Crippen LogP contribution in [-0.2, 0) is 17.8 Å². The lowest BCUT2D eigenvalue weighted by atomic mass is 9.94. The minimum Gasteiger partial charge on any atom is -0.480 e. The Morgan fingerprint density at radius 2 is 2.05 bits per heavy atom. The van der Waals surface area contributed by atoms with Crippen LogP contribution < -0.4 is 4.90 Å². The SMILES string of the molecule is O=C(O)C1Cc2ccccc2CN1c1cnccn1. The third-order valence-corrected chi connectivity index (χ3v) is 3.38. The molecule has 1 aliphatic rings. The molecule has 96 valence electrons. The minimum absolute atomic E-state index is 0.488. The van der Waals surface area contributed by atoms with Gasteiger partial charge in [0.25, 0.3) is 0 Å². The number of benzene rings is 1. The van der Waals surface area contributed by atoms with E-state index in [-0.39, 0.29) is 0 Å². The first-order chi connectivity index (χ1) is 9.25. The Morgan fingerprint density at radius 1 is 1.26 bits per heavy atom. The molecule has 1 atom stereocenters. The van der Waals surface area contributed by atoms with E-state index >= 15 is 0 Å². The molecule has 1 unspecified atom stereocenters. The van der Waals surface area contributed by atoms with Gasteiger partial charge in [-0.1, -0.05) is 24.3 Å². The summed E-state index contributed by atoms with van der Waals surface area (Å²) in [7, 11) is 0. The van der Waals surface area contributed by atoms with Crippen molar-refractivity contribution in [1.82, 2.24) is 9.97 Å². The quantitative estimate of drug-likeness (QED) is 0.880.